The first-order valence-electron chi connectivity index (χ1n) is 14.0. The third-order valence-electron chi connectivity index (χ3n) is 6.51. The molecule has 4 rings (SSSR count). The molecule has 0 bridgehead atoms. The van der Waals surface area contributed by atoms with Crippen molar-refractivity contribution in [2.45, 2.75) is 27.4 Å². The third kappa shape index (κ3) is 8.79. The van der Waals surface area contributed by atoms with E-state index in [-0.39, 0.29) is 12.2 Å². The molecule has 6 nitrogen and oxygen atoms in total. The summed E-state index contributed by atoms with van der Waals surface area (Å²) in [7, 11) is 0. The van der Waals surface area contributed by atoms with E-state index < -0.39 is 17.9 Å². The van der Waals surface area contributed by atoms with Gasteiger partial charge in [0.05, 0.1) is 5.56 Å². The maximum Gasteiger partial charge on any atom is 0.338 e. The van der Waals surface area contributed by atoms with Gasteiger partial charge in [0.1, 0.15) is 18.1 Å². The van der Waals surface area contributed by atoms with Crippen molar-refractivity contribution in [2.24, 2.45) is 0 Å². The Hall–Kier alpha value is -5.93. The predicted molar refractivity (Wildman–Crippen MR) is 175 cm³/mol. The van der Waals surface area contributed by atoms with Gasteiger partial charge in [-0.15, -0.1) is 0 Å². The van der Waals surface area contributed by atoms with Crippen LogP contribution in [0.2, 0.25) is 0 Å². The van der Waals surface area contributed by atoms with Gasteiger partial charge >= 0.3 is 17.9 Å². The quantitative estimate of drug-likeness (QED) is 0.0843. The maximum absolute atomic E-state index is 12.4. The third-order valence-corrected chi connectivity index (χ3v) is 6.51. The zero-order chi connectivity index (χ0) is 32.5. The zero-order valence-corrected chi connectivity index (χ0v) is 25.4. The van der Waals surface area contributed by atoms with Gasteiger partial charge in [-0.2, -0.15) is 0 Å². The maximum atomic E-state index is 12.4. The van der Waals surface area contributed by atoms with Crippen LogP contribution in [0.3, 0.4) is 0 Å². The van der Waals surface area contributed by atoms with E-state index in [0.717, 1.165) is 27.8 Å². The van der Waals surface area contributed by atoms with Gasteiger partial charge in [0.15, 0.2) is 0 Å². The van der Waals surface area contributed by atoms with Crippen LogP contribution in [-0.2, 0) is 25.7 Å². The lowest BCUT2D eigenvalue weighted by atomic mass is 9.98. The minimum atomic E-state index is -0.549. The van der Waals surface area contributed by atoms with E-state index in [1.165, 1.54) is 0 Å². The molecule has 0 amide bonds. The molecule has 45 heavy (non-hydrogen) atoms. The highest BCUT2D eigenvalue weighted by Crippen LogP contribution is 2.30. The zero-order valence-electron chi connectivity index (χ0n) is 25.4. The largest absolute Gasteiger partial charge is 0.457 e. The van der Waals surface area contributed by atoms with Crippen LogP contribution >= 0.6 is 0 Å². The molecule has 0 atom stereocenters. The lowest BCUT2D eigenvalue weighted by Gasteiger charge is -2.10. The summed E-state index contributed by atoms with van der Waals surface area (Å²) in [5, 5.41) is 0. The van der Waals surface area contributed by atoms with Crippen LogP contribution in [0, 0.1) is 11.8 Å². The number of carbonyl (C=O) groups is 3. The standard InChI is InChI=1S/C39H32O6/c1-25(2)37(40)43-24-29-8-12-30(13-9-29)31-15-17-32(18-16-31)34-20-19-33(36(23-34)45-39(42)27(5)6)14-7-28-10-21-35(22-11-28)44-38(41)26(3)4/h8-13,15-23H,1,3,5,24H2,2,4,6H3. The fourth-order valence-corrected chi connectivity index (χ4v) is 3.94. The van der Waals surface area contributed by atoms with Crippen molar-refractivity contribution < 1.29 is 28.6 Å². The van der Waals surface area contributed by atoms with Crippen LogP contribution in [0.25, 0.3) is 22.3 Å². The molecule has 0 saturated carbocycles. The molecule has 0 fully saturated rings. The van der Waals surface area contributed by atoms with Gasteiger partial charge in [-0.3, -0.25) is 0 Å². The van der Waals surface area contributed by atoms with Crippen molar-refractivity contribution in [3.63, 3.8) is 0 Å². The van der Waals surface area contributed by atoms with Crippen LogP contribution in [0.4, 0.5) is 0 Å². The van der Waals surface area contributed by atoms with Crippen LogP contribution in [0.5, 0.6) is 11.5 Å². The van der Waals surface area contributed by atoms with Gasteiger partial charge in [0.2, 0.25) is 0 Å². The molecule has 0 heterocycles. The SMILES string of the molecule is C=C(C)C(=O)OCc1ccc(-c2ccc(-c3ccc(C#Cc4ccc(OC(=O)C(=C)C)cc4)c(OC(=O)C(=C)C)c3)cc2)cc1. The Morgan fingerprint density at radius 3 is 1.62 bits per heavy atom. The Morgan fingerprint density at radius 2 is 1.07 bits per heavy atom. The predicted octanol–water partition coefficient (Wildman–Crippen LogP) is 8.00. The Morgan fingerprint density at radius 1 is 0.578 bits per heavy atom. The minimum Gasteiger partial charge on any atom is -0.457 e. The summed E-state index contributed by atoms with van der Waals surface area (Å²) >= 11 is 0. The minimum absolute atomic E-state index is 0.183. The summed E-state index contributed by atoms with van der Waals surface area (Å²) in [5.74, 6) is 5.38. The molecular formula is C39H32O6. The smallest absolute Gasteiger partial charge is 0.338 e. The van der Waals surface area contributed by atoms with Crippen molar-refractivity contribution in [2.75, 3.05) is 0 Å². The Labute approximate surface area is 263 Å². The van der Waals surface area contributed by atoms with E-state index in [0.29, 0.717) is 33.8 Å². The number of rotatable bonds is 9. The van der Waals surface area contributed by atoms with Crippen molar-refractivity contribution >= 4 is 17.9 Å². The summed E-state index contributed by atoms with van der Waals surface area (Å²) in [6.07, 6.45) is 0. The number of esters is 3. The molecule has 0 radical (unpaired) electrons. The van der Waals surface area contributed by atoms with Crippen molar-refractivity contribution in [3.05, 3.63) is 144 Å². The van der Waals surface area contributed by atoms with Crippen LogP contribution < -0.4 is 9.47 Å². The molecular weight excluding hydrogens is 564 g/mol. The van der Waals surface area contributed by atoms with E-state index in [9.17, 15) is 14.4 Å². The van der Waals surface area contributed by atoms with Crippen LogP contribution in [0.1, 0.15) is 37.5 Å². The molecule has 0 aromatic heterocycles. The number of hydrogen-bond acceptors (Lipinski definition) is 6. The summed E-state index contributed by atoms with van der Waals surface area (Å²) in [4.78, 5) is 35.8. The Bertz CT molecular complexity index is 1850. The second kappa shape index (κ2) is 14.5. The fourth-order valence-electron chi connectivity index (χ4n) is 3.94. The average molecular weight is 597 g/mol. The second-order valence-corrected chi connectivity index (χ2v) is 10.5. The molecule has 0 N–H and O–H groups in total. The lowest BCUT2D eigenvalue weighted by molar-refractivity contribution is -0.140. The summed E-state index contributed by atoms with van der Waals surface area (Å²) in [6, 6.07) is 28.1. The van der Waals surface area contributed by atoms with Gasteiger partial charge in [0, 0.05) is 22.3 Å². The van der Waals surface area contributed by atoms with E-state index in [2.05, 4.69) is 31.6 Å². The van der Waals surface area contributed by atoms with Crippen molar-refractivity contribution in [1.82, 2.24) is 0 Å². The molecule has 0 saturated heterocycles. The molecule has 0 spiro atoms. The van der Waals surface area contributed by atoms with E-state index >= 15 is 0 Å². The summed E-state index contributed by atoms with van der Waals surface area (Å²) in [5.41, 5.74) is 6.82. The summed E-state index contributed by atoms with van der Waals surface area (Å²) in [6.45, 7) is 15.8. The molecule has 0 aliphatic carbocycles. The van der Waals surface area contributed by atoms with Crippen LogP contribution in [-0.4, -0.2) is 17.9 Å². The number of ether oxygens (including phenoxy) is 3. The molecule has 4 aromatic carbocycles. The van der Waals surface area contributed by atoms with Crippen LogP contribution in [0.15, 0.2) is 127 Å². The molecule has 224 valence electrons. The van der Waals surface area contributed by atoms with E-state index in [4.69, 9.17) is 14.2 Å². The number of carbonyl (C=O) groups excluding carboxylic acids is 3. The highest BCUT2D eigenvalue weighted by Gasteiger charge is 2.12. The summed E-state index contributed by atoms with van der Waals surface area (Å²) < 4.78 is 16.1. The van der Waals surface area contributed by atoms with Gasteiger partial charge in [-0.05, 0) is 85.0 Å². The lowest BCUT2D eigenvalue weighted by Crippen LogP contribution is -2.09. The highest BCUT2D eigenvalue weighted by molar-refractivity contribution is 5.90. The first-order chi connectivity index (χ1) is 21.5. The van der Waals surface area contributed by atoms with Crippen molar-refractivity contribution in [3.8, 4) is 45.6 Å². The normalized spacial score (nSPS) is 10.1. The first-order valence-corrected chi connectivity index (χ1v) is 14.0. The average Bonchev–Trinajstić information content (AvgIpc) is 3.03. The van der Waals surface area contributed by atoms with Crippen molar-refractivity contribution in [1.29, 1.82) is 0 Å². The Balaban J connectivity index is 1.54. The monoisotopic (exact) mass is 596 g/mol. The molecule has 4 aromatic rings. The number of benzene rings is 4. The van der Waals surface area contributed by atoms with Gasteiger partial charge in [-0.1, -0.05) is 86.2 Å². The van der Waals surface area contributed by atoms with E-state index in [1.54, 1.807) is 57.2 Å². The topological polar surface area (TPSA) is 78.9 Å². The van der Waals surface area contributed by atoms with Gasteiger partial charge < -0.3 is 14.2 Å². The molecule has 0 unspecified atom stereocenters. The first kappa shape index (κ1) is 32.0. The van der Waals surface area contributed by atoms with Gasteiger partial charge in [-0.25, -0.2) is 14.4 Å². The van der Waals surface area contributed by atoms with E-state index in [1.807, 2.05) is 54.6 Å². The van der Waals surface area contributed by atoms with Gasteiger partial charge in [0.25, 0.3) is 0 Å². The molecule has 0 aliphatic heterocycles. The Kier molecular flexibility index (Phi) is 10.3. The number of hydrogen-bond donors (Lipinski definition) is 0. The molecule has 6 heteroatoms. The molecule has 0 aliphatic rings. The highest BCUT2D eigenvalue weighted by atomic mass is 16.5. The second-order valence-electron chi connectivity index (χ2n) is 10.5. The fraction of sp³-hybridized carbons (Fsp3) is 0.103.